The maximum atomic E-state index is 12.8. The highest BCUT2D eigenvalue weighted by Gasteiger charge is 2.42. The van der Waals surface area contributed by atoms with Gasteiger partial charge in [-0.25, -0.2) is 9.78 Å². The van der Waals surface area contributed by atoms with Crippen LogP contribution in [0.2, 0.25) is 0 Å². The first-order valence-corrected chi connectivity index (χ1v) is 16.2. The van der Waals surface area contributed by atoms with E-state index >= 15 is 0 Å². The third kappa shape index (κ3) is 7.36. The number of anilines is 1. The second-order valence-electron chi connectivity index (χ2n) is 11.9. The van der Waals surface area contributed by atoms with Gasteiger partial charge in [0.1, 0.15) is 18.9 Å². The molecule has 1 aromatic carbocycles. The molecule has 2 aliphatic carbocycles. The Morgan fingerprint density at radius 3 is 2.80 bits per heavy atom. The number of hydrogen-bond acceptors (Lipinski definition) is 8. The van der Waals surface area contributed by atoms with E-state index in [0.717, 1.165) is 74.9 Å². The van der Waals surface area contributed by atoms with Crippen LogP contribution in [0.5, 0.6) is 5.75 Å². The van der Waals surface area contributed by atoms with Crippen LogP contribution in [0.4, 0.5) is 5.13 Å². The lowest BCUT2D eigenvalue weighted by Crippen LogP contribution is -2.34. The van der Waals surface area contributed by atoms with Crippen molar-refractivity contribution in [2.75, 3.05) is 19.0 Å². The first-order valence-electron chi connectivity index (χ1n) is 15.3. The van der Waals surface area contributed by atoms with Gasteiger partial charge in [0.25, 0.3) is 0 Å². The number of carbonyl (C=O) groups is 2. The minimum atomic E-state index is -0.192. The van der Waals surface area contributed by atoms with E-state index in [-0.39, 0.29) is 17.9 Å². The Morgan fingerprint density at radius 2 is 2.07 bits per heavy atom. The van der Waals surface area contributed by atoms with Crippen LogP contribution in [-0.2, 0) is 20.8 Å². The Labute approximate surface area is 247 Å². The number of nitrogens with zero attached hydrogens (tertiary/aromatic N) is 2. The van der Waals surface area contributed by atoms with Crippen molar-refractivity contribution in [3.63, 3.8) is 0 Å². The maximum absolute atomic E-state index is 12.8. The van der Waals surface area contributed by atoms with Crippen molar-refractivity contribution in [3.8, 4) is 5.75 Å². The zero-order chi connectivity index (χ0) is 28.8. The summed E-state index contributed by atoms with van der Waals surface area (Å²) in [6.45, 7) is 5.12. The van der Waals surface area contributed by atoms with Gasteiger partial charge in [0, 0.05) is 17.5 Å². The normalized spacial score (nSPS) is 26.6. The van der Waals surface area contributed by atoms with Gasteiger partial charge in [0.2, 0.25) is 5.91 Å². The maximum Gasteiger partial charge on any atom is 0.328 e. The van der Waals surface area contributed by atoms with E-state index in [2.05, 4.69) is 39.8 Å². The molecule has 41 heavy (non-hydrogen) atoms. The molecule has 2 N–H and O–H groups in total. The number of nitrogens with one attached hydrogen (secondary N) is 2. The molecule has 0 radical (unpaired) electrons. The molecular weight excluding hydrogens is 536 g/mol. The smallest absolute Gasteiger partial charge is 0.328 e. The molecule has 4 unspecified atom stereocenters. The number of oxime groups is 1. The van der Waals surface area contributed by atoms with Crippen molar-refractivity contribution in [3.05, 3.63) is 40.4 Å². The molecule has 2 fully saturated rings. The number of hydrogen-bond donors (Lipinski definition) is 2. The molecule has 1 aromatic heterocycles. The fraction of sp³-hybridized carbons (Fsp3) is 0.625. The van der Waals surface area contributed by atoms with Crippen molar-refractivity contribution in [1.82, 2.24) is 10.3 Å². The molecule has 222 valence electrons. The van der Waals surface area contributed by atoms with E-state index in [1.165, 1.54) is 28.9 Å². The Hall–Kier alpha value is -2.78. The zero-order valence-electron chi connectivity index (χ0n) is 24.6. The molecular formula is C32H44N4O4S. The summed E-state index contributed by atoms with van der Waals surface area (Å²) >= 11 is 1.51. The number of amides is 1. The number of benzene rings is 1. The van der Waals surface area contributed by atoms with Crippen molar-refractivity contribution in [1.29, 1.82) is 0 Å². The Bertz CT molecular complexity index is 1240. The van der Waals surface area contributed by atoms with Crippen LogP contribution in [0.15, 0.2) is 29.6 Å². The summed E-state index contributed by atoms with van der Waals surface area (Å²) in [5.74, 6) is 2.33. The van der Waals surface area contributed by atoms with Crippen molar-refractivity contribution >= 4 is 34.1 Å². The molecule has 1 saturated heterocycles. The Balaban J connectivity index is 1.31. The third-order valence-corrected chi connectivity index (χ3v) is 9.99. The molecule has 1 amide bonds. The number of ether oxygens (including phenoxy) is 1. The standard InChI is InChI=1S/C32H44N4O4S/c1-4-5-7-26-25-13-11-24(40-31(38)29-8-6-15-33-29)17-22(25)9-12-27(26)28-18-23(36-39-3)16-21(28)10-14-30(37)35-32-34-19-20(2)41-32/h11,13,17,19,21,26-29,33H,4-10,12,14-16,18H2,1-3H3,(H,34,35,37)/b36-23+/t21-,26?,27?,28?,29?/m1/s1. The van der Waals surface area contributed by atoms with Gasteiger partial charge < -0.3 is 20.2 Å². The fourth-order valence-corrected chi connectivity index (χ4v) is 7.95. The number of esters is 1. The Kier molecular flexibility index (Phi) is 10.1. The van der Waals surface area contributed by atoms with Crippen LogP contribution < -0.4 is 15.4 Å². The first-order chi connectivity index (χ1) is 19.9. The SMILES string of the molecule is CCCCC1c2ccc(OC(=O)C3CCCN3)cc2CCC1C1C/C(=N/OC)C[C@H]1CCC(=O)Nc1ncc(C)s1. The molecule has 3 aliphatic rings. The number of rotatable bonds is 11. The van der Waals surface area contributed by atoms with Gasteiger partial charge in [-0.2, -0.15) is 0 Å². The molecule has 5 rings (SSSR count). The average molecular weight is 581 g/mol. The molecule has 9 heteroatoms. The number of aryl methyl sites for hydroxylation is 2. The largest absolute Gasteiger partial charge is 0.425 e. The van der Waals surface area contributed by atoms with E-state index in [1.807, 2.05) is 13.0 Å². The van der Waals surface area contributed by atoms with Crippen molar-refractivity contribution < 1.29 is 19.2 Å². The van der Waals surface area contributed by atoms with E-state index in [1.54, 1.807) is 13.3 Å². The number of unbranched alkanes of at least 4 members (excludes halogenated alkanes) is 1. The van der Waals surface area contributed by atoms with Crippen LogP contribution in [0.1, 0.15) is 93.1 Å². The summed E-state index contributed by atoms with van der Waals surface area (Å²) in [5, 5.41) is 11.3. The first kappa shape index (κ1) is 29.7. The second kappa shape index (κ2) is 13.9. The number of fused-ring (bicyclic) bond motifs is 1. The minimum Gasteiger partial charge on any atom is -0.425 e. The van der Waals surface area contributed by atoms with E-state index in [9.17, 15) is 9.59 Å². The van der Waals surface area contributed by atoms with Gasteiger partial charge in [-0.15, -0.1) is 11.3 Å². The summed E-state index contributed by atoms with van der Waals surface area (Å²) < 4.78 is 5.79. The topological polar surface area (TPSA) is 102 Å². The van der Waals surface area contributed by atoms with E-state index < -0.39 is 0 Å². The third-order valence-electron chi connectivity index (χ3n) is 9.16. The van der Waals surface area contributed by atoms with E-state index in [4.69, 9.17) is 9.57 Å². The molecule has 1 saturated carbocycles. The molecule has 5 atom stereocenters. The highest BCUT2D eigenvalue weighted by atomic mass is 32.1. The van der Waals surface area contributed by atoms with Crippen LogP contribution in [0, 0.1) is 24.7 Å². The molecule has 8 nitrogen and oxygen atoms in total. The summed E-state index contributed by atoms with van der Waals surface area (Å²) in [7, 11) is 1.62. The molecule has 0 spiro atoms. The van der Waals surface area contributed by atoms with Crippen molar-refractivity contribution in [2.24, 2.45) is 22.9 Å². The lowest BCUT2D eigenvalue weighted by atomic mass is 9.65. The predicted molar refractivity (Wildman–Crippen MR) is 163 cm³/mol. The van der Waals surface area contributed by atoms with Crippen LogP contribution in [0.25, 0.3) is 0 Å². The lowest BCUT2D eigenvalue weighted by molar-refractivity contribution is -0.136. The fourth-order valence-electron chi connectivity index (χ4n) is 7.26. The van der Waals surface area contributed by atoms with Crippen LogP contribution in [-0.4, -0.2) is 42.3 Å². The highest BCUT2D eigenvalue weighted by Crippen LogP contribution is 2.50. The minimum absolute atomic E-state index is 0.0293. The molecule has 0 bridgehead atoms. The summed E-state index contributed by atoms with van der Waals surface area (Å²) in [6, 6.07) is 6.11. The summed E-state index contributed by atoms with van der Waals surface area (Å²) in [4.78, 5) is 36.0. The summed E-state index contributed by atoms with van der Waals surface area (Å²) in [6.07, 6.45) is 12.3. The van der Waals surface area contributed by atoms with Crippen LogP contribution >= 0.6 is 11.3 Å². The van der Waals surface area contributed by atoms with Crippen LogP contribution in [0.3, 0.4) is 0 Å². The van der Waals surface area contributed by atoms with Gasteiger partial charge >= 0.3 is 5.97 Å². The molecule has 2 aromatic rings. The predicted octanol–water partition coefficient (Wildman–Crippen LogP) is 6.39. The van der Waals surface area contributed by atoms with Crippen molar-refractivity contribution in [2.45, 2.75) is 96.4 Å². The van der Waals surface area contributed by atoms with Gasteiger partial charge in [0.05, 0.1) is 5.71 Å². The number of thiazole rings is 1. The van der Waals surface area contributed by atoms with Gasteiger partial charge in [0.15, 0.2) is 5.13 Å². The van der Waals surface area contributed by atoms with Gasteiger partial charge in [-0.3, -0.25) is 4.79 Å². The summed E-state index contributed by atoms with van der Waals surface area (Å²) in [5.41, 5.74) is 3.83. The number of aromatic nitrogens is 1. The molecule has 1 aliphatic heterocycles. The quantitative estimate of drug-likeness (QED) is 0.181. The Morgan fingerprint density at radius 1 is 1.20 bits per heavy atom. The highest BCUT2D eigenvalue weighted by molar-refractivity contribution is 7.15. The number of carbonyl (C=O) groups excluding carboxylic acids is 2. The lowest BCUT2D eigenvalue weighted by Gasteiger charge is -2.39. The van der Waals surface area contributed by atoms with E-state index in [0.29, 0.717) is 41.0 Å². The second-order valence-corrected chi connectivity index (χ2v) is 13.2. The van der Waals surface area contributed by atoms with Gasteiger partial charge in [-0.05, 0) is 112 Å². The average Bonchev–Trinajstić information content (AvgIpc) is 3.72. The zero-order valence-corrected chi connectivity index (χ0v) is 25.4. The molecule has 2 heterocycles. The van der Waals surface area contributed by atoms with Gasteiger partial charge in [-0.1, -0.05) is 31.0 Å². The monoisotopic (exact) mass is 580 g/mol.